The first-order chi connectivity index (χ1) is 14.1. The number of sulfonamides is 1. The molecule has 0 bridgehead atoms. The first kappa shape index (κ1) is 21.1. The highest BCUT2D eigenvalue weighted by Crippen LogP contribution is 2.37. The van der Waals surface area contributed by atoms with Crippen molar-refractivity contribution in [3.05, 3.63) is 30.1 Å². The van der Waals surface area contributed by atoms with E-state index >= 15 is 0 Å². The van der Waals surface area contributed by atoms with Gasteiger partial charge in [-0.2, -0.15) is 4.31 Å². The number of piperidine rings is 1. The molecule has 0 aliphatic carbocycles. The number of hydrogen-bond donors (Lipinski definition) is 1. The second-order valence-electron chi connectivity index (χ2n) is 9.38. The highest BCUT2D eigenvalue weighted by Gasteiger charge is 2.46. The van der Waals surface area contributed by atoms with Gasteiger partial charge in [-0.15, -0.1) is 0 Å². The third-order valence-electron chi connectivity index (χ3n) is 5.99. The molecule has 0 saturated carbocycles. The molecule has 1 amide bonds. The highest BCUT2D eigenvalue weighted by molar-refractivity contribution is 7.89. The first-order valence-electron chi connectivity index (χ1n) is 10.5. The van der Waals surface area contributed by atoms with Gasteiger partial charge in [-0.25, -0.2) is 18.2 Å². The molecule has 1 N–H and O–H groups in total. The number of aromatic nitrogens is 2. The first-order valence-corrected chi connectivity index (χ1v) is 12.0. The largest absolute Gasteiger partial charge is 0.444 e. The Balaban J connectivity index is 1.39. The lowest BCUT2D eigenvalue weighted by Crippen LogP contribution is -2.62. The summed E-state index contributed by atoms with van der Waals surface area (Å²) in [5.74, 6) is 0.295. The molecule has 164 valence electrons. The number of pyridine rings is 1. The number of rotatable bonds is 3. The molecule has 30 heavy (non-hydrogen) atoms. The molecule has 2 aliphatic rings. The number of fused-ring (bicyclic) bond motifs is 1. The van der Waals surface area contributed by atoms with Crippen LogP contribution in [0.5, 0.6) is 0 Å². The van der Waals surface area contributed by atoms with E-state index in [9.17, 15) is 13.2 Å². The molecule has 0 aromatic carbocycles. The van der Waals surface area contributed by atoms with Gasteiger partial charge in [-0.05, 0) is 64.2 Å². The summed E-state index contributed by atoms with van der Waals surface area (Å²) in [7, 11) is -3.46. The third-order valence-corrected chi connectivity index (χ3v) is 8.32. The van der Waals surface area contributed by atoms with Gasteiger partial charge in [0.25, 0.3) is 0 Å². The molecule has 2 atom stereocenters. The predicted molar refractivity (Wildman–Crippen MR) is 115 cm³/mol. The number of carbonyl (C=O) groups excluding carboxylic acids is 1. The standard InChI is InChI=1S/C21H30N4O4S/c1-14-10-15(18-11-23-19-17(18)6-5-8-22-19)7-9-25(14)30(27,28)16-12-24(13-16)20(26)29-21(2,3)4/h5-6,8,11,14-16H,7,9-10,12-13H2,1-4H3,(H,22,23)/t14-,15?/m0/s1. The average Bonchev–Trinajstić information content (AvgIpc) is 3.02. The number of carbonyl (C=O) groups is 1. The summed E-state index contributed by atoms with van der Waals surface area (Å²) in [6.45, 7) is 8.25. The van der Waals surface area contributed by atoms with E-state index in [0.29, 0.717) is 12.5 Å². The third kappa shape index (κ3) is 3.92. The van der Waals surface area contributed by atoms with Crippen LogP contribution in [0.25, 0.3) is 11.0 Å². The van der Waals surface area contributed by atoms with E-state index in [1.54, 1.807) is 31.3 Å². The van der Waals surface area contributed by atoms with Crippen molar-refractivity contribution < 1.29 is 17.9 Å². The lowest BCUT2D eigenvalue weighted by atomic mass is 9.87. The van der Waals surface area contributed by atoms with Gasteiger partial charge in [-0.1, -0.05) is 0 Å². The van der Waals surface area contributed by atoms with Crippen LogP contribution in [0.1, 0.15) is 52.0 Å². The van der Waals surface area contributed by atoms with Crippen molar-refractivity contribution in [3.63, 3.8) is 0 Å². The minimum Gasteiger partial charge on any atom is -0.444 e. The average molecular weight is 435 g/mol. The second-order valence-corrected chi connectivity index (χ2v) is 11.5. The fraction of sp³-hybridized carbons (Fsp3) is 0.619. The van der Waals surface area contributed by atoms with E-state index < -0.39 is 27.0 Å². The summed E-state index contributed by atoms with van der Waals surface area (Å²) >= 11 is 0. The second kappa shape index (κ2) is 7.53. The van der Waals surface area contributed by atoms with E-state index in [0.717, 1.165) is 23.9 Å². The molecule has 2 aromatic rings. The van der Waals surface area contributed by atoms with Crippen LogP contribution >= 0.6 is 0 Å². The van der Waals surface area contributed by atoms with Crippen molar-refractivity contribution in [3.8, 4) is 0 Å². The quantitative estimate of drug-likeness (QED) is 0.801. The SMILES string of the molecule is C[C@H]1CC(c2c[nH]c3ncccc23)CCN1S(=O)(=O)C1CN(C(=O)OC(C)(C)C)C1. The van der Waals surface area contributed by atoms with Crippen LogP contribution in [0.15, 0.2) is 24.5 Å². The molecule has 2 aromatic heterocycles. The predicted octanol–water partition coefficient (Wildman–Crippen LogP) is 3.08. The Kier molecular flexibility index (Phi) is 5.30. The Morgan fingerprint density at radius 2 is 2.03 bits per heavy atom. The van der Waals surface area contributed by atoms with E-state index in [1.807, 2.05) is 19.2 Å². The van der Waals surface area contributed by atoms with Gasteiger partial charge in [-0.3, -0.25) is 0 Å². The van der Waals surface area contributed by atoms with Gasteiger partial charge in [0.05, 0.1) is 0 Å². The van der Waals surface area contributed by atoms with Crippen molar-refractivity contribution in [2.24, 2.45) is 0 Å². The zero-order chi connectivity index (χ0) is 21.7. The normalized spacial score (nSPS) is 24.1. The fourth-order valence-corrected chi connectivity index (χ4v) is 6.49. The van der Waals surface area contributed by atoms with E-state index in [-0.39, 0.29) is 19.1 Å². The maximum atomic E-state index is 13.2. The maximum Gasteiger partial charge on any atom is 0.410 e. The van der Waals surface area contributed by atoms with Gasteiger partial charge < -0.3 is 14.6 Å². The summed E-state index contributed by atoms with van der Waals surface area (Å²) in [5, 5.41) is 0.555. The number of aromatic amines is 1. The molecule has 0 spiro atoms. The van der Waals surface area contributed by atoms with Crippen LogP contribution in [0.4, 0.5) is 4.79 Å². The maximum absolute atomic E-state index is 13.2. The van der Waals surface area contributed by atoms with Gasteiger partial charge >= 0.3 is 6.09 Å². The number of nitrogens with one attached hydrogen (secondary N) is 1. The van der Waals surface area contributed by atoms with Crippen LogP contribution < -0.4 is 0 Å². The van der Waals surface area contributed by atoms with Crippen molar-refractivity contribution in [2.75, 3.05) is 19.6 Å². The van der Waals surface area contributed by atoms with E-state index in [1.165, 1.54) is 10.5 Å². The highest BCUT2D eigenvalue weighted by atomic mass is 32.2. The molecule has 9 heteroatoms. The lowest BCUT2D eigenvalue weighted by molar-refractivity contribution is 0.0134. The lowest BCUT2D eigenvalue weighted by Gasteiger charge is -2.44. The Hall–Kier alpha value is -2.13. The van der Waals surface area contributed by atoms with E-state index in [4.69, 9.17) is 4.74 Å². The topological polar surface area (TPSA) is 95.6 Å². The van der Waals surface area contributed by atoms with Crippen molar-refractivity contribution in [1.82, 2.24) is 19.2 Å². The Labute approximate surface area is 177 Å². The smallest absolute Gasteiger partial charge is 0.410 e. The zero-order valence-corrected chi connectivity index (χ0v) is 18.8. The number of amides is 1. The number of ether oxygens (including phenoxy) is 1. The number of hydrogen-bond acceptors (Lipinski definition) is 5. The minimum absolute atomic E-state index is 0.0917. The molecule has 0 radical (unpaired) electrons. The Bertz CT molecular complexity index is 1040. The van der Waals surface area contributed by atoms with Crippen molar-refractivity contribution >= 4 is 27.1 Å². The number of nitrogens with zero attached hydrogens (tertiary/aromatic N) is 3. The Morgan fingerprint density at radius 3 is 2.70 bits per heavy atom. The van der Waals surface area contributed by atoms with Gasteiger partial charge in [0.1, 0.15) is 16.5 Å². The number of H-pyrrole nitrogens is 1. The van der Waals surface area contributed by atoms with Crippen molar-refractivity contribution in [1.29, 1.82) is 0 Å². The summed E-state index contributed by atoms with van der Waals surface area (Å²) in [6.07, 6.45) is 4.86. The summed E-state index contributed by atoms with van der Waals surface area (Å²) in [5.41, 5.74) is 1.49. The monoisotopic (exact) mass is 434 g/mol. The summed E-state index contributed by atoms with van der Waals surface area (Å²) < 4.78 is 33.3. The van der Waals surface area contributed by atoms with Crippen LogP contribution in [0.2, 0.25) is 0 Å². The van der Waals surface area contributed by atoms with Crippen LogP contribution in [0.3, 0.4) is 0 Å². The molecule has 2 saturated heterocycles. The number of likely N-dealkylation sites (tertiary alicyclic amines) is 1. The molecular formula is C21H30N4O4S. The molecule has 1 unspecified atom stereocenters. The van der Waals surface area contributed by atoms with Crippen LogP contribution in [-0.2, 0) is 14.8 Å². The van der Waals surface area contributed by atoms with Gasteiger partial charge in [0, 0.05) is 43.5 Å². The van der Waals surface area contributed by atoms with Crippen LogP contribution in [0, 0.1) is 0 Å². The van der Waals surface area contributed by atoms with Crippen LogP contribution in [-0.4, -0.2) is 70.2 Å². The molecule has 2 aliphatic heterocycles. The summed E-state index contributed by atoms with van der Waals surface area (Å²) in [6, 6.07) is 3.89. The molecule has 4 rings (SSSR count). The molecule has 8 nitrogen and oxygen atoms in total. The minimum atomic E-state index is -3.46. The summed E-state index contributed by atoms with van der Waals surface area (Å²) in [4.78, 5) is 21.2. The Morgan fingerprint density at radius 1 is 1.30 bits per heavy atom. The van der Waals surface area contributed by atoms with Gasteiger partial charge in [0.2, 0.25) is 10.0 Å². The van der Waals surface area contributed by atoms with Crippen molar-refractivity contribution in [2.45, 2.75) is 63.3 Å². The van der Waals surface area contributed by atoms with Gasteiger partial charge in [0.15, 0.2) is 0 Å². The molecular weight excluding hydrogens is 404 g/mol. The fourth-order valence-electron chi connectivity index (χ4n) is 4.42. The zero-order valence-electron chi connectivity index (χ0n) is 18.0. The molecule has 2 fully saturated rings. The molecule has 4 heterocycles. The van der Waals surface area contributed by atoms with E-state index in [2.05, 4.69) is 16.0 Å².